The van der Waals surface area contributed by atoms with Crippen molar-refractivity contribution in [1.82, 2.24) is 9.97 Å². The molecule has 0 saturated heterocycles. The van der Waals surface area contributed by atoms with Crippen LogP contribution in [0.1, 0.15) is 5.56 Å². The van der Waals surface area contributed by atoms with Gasteiger partial charge in [0.15, 0.2) is 0 Å². The molecule has 2 aromatic rings. The van der Waals surface area contributed by atoms with Gasteiger partial charge in [-0.1, -0.05) is 5.92 Å². The lowest BCUT2D eigenvalue weighted by atomic mass is 10.1. The van der Waals surface area contributed by atoms with Gasteiger partial charge in [-0.15, -0.1) is 0 Å². The van der Waals surface area contributed by atoms with Crippen LogP contribution in [0.3, 0.4) is 0 Å². The predicted octanol–water partition coefficient (Wildman–Crippen LogP) is 0.0488. The number of benzene rings is 1. The van der Waals surface area contributed by atoms with Crippen LogP contribution in [-0.4, -0.2) is 15.9 Å². The normalized spacial score (nSPS) is 9.50. The number of hydrogen-bond donors (Lipinski definition) is 2. The molecule has 78 valence electrons. The van der Waals surface area contributed by atoms with E-state index in [2.05, 4.69) is 21.8 Å². The van der Waals surface area contributed by atoms with Crippen LogP contribution >= 0.6 is 0 Å². The number of hydrogen-bond acceptors (Lipinski definition) is 4. The highest BCUT2D eigenvalue weighted by molar-refractivity contribution is 5.93. The summed E-state index contributed by atoms with van der Waals surface area (Å²) in [6, 6.07) is 5.23. The van der Waals surface area contributed by atoms with Crippen molar-refractivity contribution in [2.45, 2.75) is 0 Å². The van der Waals surface area contributed by atoms with Crippen LogP contribution in [0.25, 0.3) is 10.9 Å². The Morgan fingerprint density at radius 1 is 1.31 bits per heavy atom. The van der Waals surface area contributed by atoms with Gasteiger partial charge in [-0.05, 0) is 24.1 Å². The van der Waals surface area contributed by atoms with Gasteiger partial charge in [0.1, 0.15) is 12.1 Å². The first-order valence-electron chi connectivity index (χ1n) is 4.48. The number of carbonyl (C=O) groups excluding carboxylic acids is 1. The highest BCUT2D eigenvalue weighted by Crippen LogP contribution is 2.17. The fourth-order valence-corrected chi connectivity index (χ4v) is 1.29. The van der Waals surface area contributed by atoms with Crippen molar-refractivity contribution in [2.24, 2.45) is 5.73 Å². The minimum absolute atomic E-state index is 0.382. The van der Waals surface area contributed by atoms with Crippen LogP contribution in [0.5, 0.6) is 0 Å². The van der Waals surface area contributed by atoms with Crippen molar-refractivity contribution in [3.63, 3.8) is 0 Å². The van der Waals surface area contributed by atoms with Crippen LogP contribution in [0.15, 0.2) is 24.5 Å². The summed E-state index contributed by atoms with van der Waals surface area (Å²) in [5, 5.41) is 0.707. The van der Waals surface area contributed by atoms with Gasteiger partial charge in [0.2, 0.25) is 0 Å². The second-order valence-electron chi connectivity index (χ2n) is 3.11. The first-order valence-corrected chi connectivity index (χ1v) is 4.48. The van der Waals surface area contributed by atoms with Crippen LogP contribution in [0, 0.1) is 11.8 Å². The third-order valence-corrected chi connectivity index (χ3v) is 2.00. The van der Waals surface area contributed by atoms with E-state index >= 15 is 0 Å². The molecule has 2 rings (SSSR count). The Labute approximate surface area is 91.5 Å². The monoisotopic (exact) mass is 212 g/mol. The van der Waals surface area contributed by atoms with Crippen molar-refractivity contribution in [3.8, 4) is 11.8 Å². The average molecular weight is 212 g/mol. The summed E-state index contributed by atoms with van der Waals surface area (Å²) in [7, 11) is 0. The summed E-state index contributed by atoms with van der Waals surface area (Å²) in [5.41, 5.74) is 12.0. The maximum atomic E-state index is 10.5. The lowest BCUT2D eigenvalue weighted by Gasteiger charge is -1.99. The van der Waals surface area contributed by atoms with Crippen LogP contribution in [0.2, 0.25) is 0 Å². The Balaban J connectivity index is 2.57. The first-order chi connectivity index (χ1) is 7.66. The van der Waals surface area contributed by atoms with E-state index in [0.717, 1.165) is 5.52 Å². The minimum Gasteiger partial charge on any atom is -0.383 e. The fraction of sp³-hybridized carbons (Fsp3) is 0. The highest BCUT2D eigenvalue weighted by Gasteiger charge is 2.00. The standard InChI is InChI=1S/C11H8N4O/c12-10(16)4-2-7-1-3-9-8(5-7)11(13)15-6-14-9/h1,3,5-6H,(H2,12,16)(H2,13,14,15). The predicted molar refractivity (Wildman–Crippen MR) is 60.0 cm³/mol. The van der Waals surface area contributed by atoms with Gasteiger partial charge < -0.3 is 11.5 Å². The lowest BCUT2D eigenvalue weighted by molar-refractivity contribution is -0.112. The van der Waals surface area contributed by atoms with Gasteiger partial charge in [0.25, 0.3) is 5.91 Å². The number of fused-ring (bicyclic) bond motifs is 1. The molecule has 0 fully saturated rings. The Morgan fingerprint density at radius 3 is 2.88 bits per heavy atom. The van der Waals surface area contributed by atoms with E-state index in [4.69, 9.17) is 11.5 Å². The topological polar surface area (TPSA) is 94.9 Å². The molecular formula is C11H8N4O. The summed E-state index contributed by atoms with van der Waals surface area (Å²) in [5.74, 6) is 4.59. The molecule has 1 heterocycles. The molecule has 1 amide bonds. The molecule has 0 bridgehead atoms. The average Bonchev–Trinajstić information content (AvgIpc) is 2.27. The largest absolute Gasteiger partial charge is 0.383 e. The van der Waals surface area contributed by atoms with Gasteiger partial charge >= 0.3 is 0 Å². The Kier molecular flexibility index (Phi) is 2.40. The molecule has 0 aliphatic rings. The van der Waals surface area contributed by atoms with Gasteiger partial charge in [-0.25, -0.2) is 9.97 Å². The second kappa shape index (κ2) is 3.87. The van der Waals surface area contributed by atoms with Crippen molar-refractivity contribution in [1.29, 1.82) is 0 Å². The molecule has 0 aliphatic heterocycles. The minimum atomic E-state index is -0.669. The Hall–Kier alpha value is -2.61. The summed E-state index contributed by atoms with van der Waals surface area (Å²) < 4.78 is 0. The van der Waals surface area contributed by atoms with Crippen molar-refractivity contribution in [3.05, 3.63) is 30.1 Å². The molecule has 1 aromatic carbocycles. The third kappa shape index (κ3) is 1.91. The molecule has 0 aliphatic carbocycles. The number of rotatable bonds is 0. The zero-order valence-corrected chi connectivity index (χ0v) is 8.27. The van der Waals surface area contributed by atoms with E-state index in [1.54, 1.807) is 18.2 Å². The molecule has 4 N–H and O–H groups in total. The number of primary amides is 1. The van der Waals surface area contributed by atoms with Gasteiger partial charge in [-0.2, -0.15) is 0 Å². The van der Waals surface area contributed by atoms with Crippen molar-refractivity contribution < 1.29 is 4.79 Å². The van der Waals surface area contributed by atoms with E-state index in [1.165, 1.54) is 6.33 Å². The second-order valence-corrected chi connectivity index (χ2v) is 3.11. The van der Waals surface area contributed by atoms with E-state index in [9.17, 15) is 4.79 Å². The summed E-state index contributed by atoms with van der Waals surface area (Å²) in [6.45, 7) is 0. The zero-order valence-electron chi connectivity index (χ0n) is 8.27. The van der Waals surface area contributed by atoms with Crippen molar-refractivity contribution >= 4 is 22.6 Å². The molecule has 16 heavy (non-hydrogen) atoms. The smallest absolute Gasteiger partial charge is 0.293 e. The van der Waals surface area contributed by atoms with E-state index in [0.29, 0.717) is 16.8 Å². The van der Waals surface area contributed by atoms with Gasteiger partial charge in [0, 0.05) is 10.9 Å². The maximum absolute atomic E-state index is 10.5. The Morgan fingerprint density at radius 2 is 2.12 bits per heavy atom. The molecule has 5 nitrogen and oxygen atoms in total. The number of amides is 1. The SMILES string of the molecule is NC(=O)C#Cc1ccc2ncnc(N)c2c1. The number of aromatic nitrogens is 2. The molecule has 0 radical (unpaired) electrons. The molecule has 0 spiro atoms. The molecule has 5 heteroatoms. The van der Waals surface area contributed by atoms with E-state index in [-0.39, 0.29) is 0 Å². The number of nitrogens with zero attached hydrogens (tertiary/aromatic N) is 2. The van der Waals surface area contributed by atoms with Gasteiger partial charge in [-0.3, -0.25) is 4.79 Å². The van der Waals surface area contributed by atoms with Crippen molar-refractivity contribution in [2.75, 3.05) is 5.73 Å². The van der Waals surface area contributed by atoms with Crippen LogP contribution in [0.4, 0.5) is 5.82 Å². The van der Waals surface area contributed by atoms with Crippen LogP contribution < -0.4 is 11.5 Å². The quantitative estimate of drug-likeness (QED) is 0.603. The zero-order chi connectivity index (χ0) is 11.5. The lowest BCUT2D eigenvalue weighted by Crippen LogP contribution is -2.06. The molecule has 0 atom stereocenters. The fourth-order valence-electron chi connectivity index (χ4n) is 1.29. The number of nitrogens with two attached hydrogens (primary N) is 2. The summed E-state index contributed by atoms with van der Waals surface area (Å²) in [6.07, 6.45) is 1.40. The van der Waals surface area contributed by atoms with Crippen LogP contribution in [-0.2, 0) is 4.79 Å². The number of nitrogen functional groups attached to an aromatic ring is 1. The maximum Gasteiger partial charge on any atom is 0.293 e. The number of anilines is 1. The first kappa shape index (κ1) is 9.93. The van der Waals surface area contributed by atoms with E-state index in [1.807, 2.05) is 0 Å². The molecule has 1 aromatic heterocycles. The molecular weight excluding hydrogens is 204 g/mol. The van der Waals surface area contributed by atoms with E-state index < -0.39 is 5.91 Å². The third-order valence-electron chi connectivity index (χ3n) is 2.00. The van der Waals surface area contributed by atoms with Gasteiger partial charge in [0.05, 0.1) is 5.52 Å². The summed E-state index contributed by atoms with van der Waals surface area (Å²) >= 11 is 0. The highest BCUT2D eigenvalue weighted by atomic mass is 16.1. The molecule has 0 saturated carbocycles. The summed E-state index contributed by atoms with van der Waals surface area (Å²) in [4.78, 5) is 18.4. The molecule has 0 unspecified atom stereocenters. The Bertz CT molecular complexity index is 625. The number of carbonyl (C=O) groups is 1.